The number of ether oxygens (including phenoxy) is 1. The maximum Gasteiger partial charge on any atom is 0.257 e. The van der Waals surface area contributed by atoms with Crippen LogP contribution in [0.5, 0.6) is 5.75 Å². The highest BCUT2D eigenvalue weighted by atomic mass is 16.5. The molecule has 0 fully saturated rings. The van der Waals surface area contributed by atoms with Crippen LogP contribution in [0.4, 0.5) is 0 Å². The summed E-state index contributed by atoms with van der Waals surface area (Å²) < 4.78 is 5.47. The van der Waals surface area contributed by atoms with Crippen molar-refractivity contribution in [3.8, 4) is 11.8 Å². The van der Waals surface area contributed by atoms with Crippen molar-refractivity contribution in [2.75, 3.05) is 13.2 Å². The first kappa shape index (κ1) is 15.0. The molecule has 1 aromatic rings. The van der Waals surface area contributed by atoms with Crippen LogP contribution in [0, 0.1) is 18.3 Å². The molecule has 1 rings (SSSR count). The Labute approximate surface area is 113 Å². The van der Waals surface area contributed by atoms with Crippen LogP contribution in [0.25, 0.3) is 0 Å². The molecule has 0 unspecified atom stereocenters. The minimum Gasteiger partial charge on any atom is -0.483 e. The molecule has 1 aromatic carbocycles. The second-order valence-electron chi connectivity index (χ2n) is 4.38. The summed E-state index contributed by atoms with van der Waals surface area (Å²) in [6.45, 7) is 4.11. The number of rotatable bonds is 6. The van der Waals surface area contributed by atoms with Crippen molar-refractivity contribution >= 4 is 5.91 Å². The van der Waals surface area contributed by atoms with Gasteiger partial charge in [-0.3, -0.25) is 4.79 Å². The van der Waals surface area contributed by atoms with Crippen LogP contribution >= 0.6 is 0 Å². The van der Waals surface area contributed by atoms with E-state index in [0.717, 1.165) is 11.1 Å². The van der Waals surface area contributed by atoms with Gasteiger partial charge in [0.2, 0.25) is 0 Å². The van der Waals surface area contributed by atoms with E-state index in [0.29, 0.717) is 18.7 Å². The molecule has 0 bridgehead atoms. The van der Waals surface area contributed by atoms with Gasteiger partial charge in [-0.1, -0.05) is 17.7 Å². The lowest BCUT2D eigenvalue weighted by atomic mass is 10.1. The fraction of sp³-hybridized carbons (Fsp3) is 0.429. The zero-order chi connectivity index (χ0) is 14.3. The minimum absolute atomic E-state index is 0.0752. The van der Waals surface area contributed by atoms with Crippen molar-refractivity contribution in [1.82, 2.24) is 5.32 Å². The van der Waals surface area contributed by atoms with E-state index in [1.807, 2.05) is 38.1 Å². The smallest absolute Gasteiger partial charge is 0.257 e. The van der Waals surface area contributed by atoms with Crippen LogP contribution < -0.4 is 15.8 Å². The number of nitrogens with one attached hydrogen (secondary N) is 1. The fourth-order valence-electron chi connectivity index (χ4n) is 1.61. The topological polar surface area (TPSA) is 88.1 Å². The molecule has 1 atom stereocenters. The highest BCUT2D eigenvalue weighted by molar-refractivity contribution is 5.77. The number of aryl methyl sites for hydroxylation is 1. The molecule has 0 saturated carbocycles. The lowest BCUT2D eigenvalue weighted by molar-refractivity contribution is -0.123. The van der Waals surface area contributed by atoms with E-state index in [9.17, 15) is 4.79 Å². The Hall–Kier alpha value is -2.06. The Bertz CT molecular complexity index is 478. The molecule has 0 radical (unpaired) electrons. The highest BCUT2D eigenvalue weighted by Crippen LogP contribution is 2.24. The number of carbonyl (C=O) groups excluding carboxylic acids is 1. The molecule has 5 heteroatoms. The third kappa shape index (κ3) is 4.98. The lowest BCUT2D eigenvalue weighted by Crippen LogP contribution is -2.29. The number of benzene rings is 1. The third-order valence-corrected chi connectivity index (χ3v) is 2.57. The Balaban J connectivity index is 2.58. The Morgan fingerprint density at radius 1 is 1.58 bits per heavy atom. The standard InChI is InChI=1S/C14H19N3O2/c1-10-4-5-13(12(8-10)11(2)16)19-9-14(18)17-7-3-6-15/h4-5,8,11H,3,7,9,16H2,1-2H3,(H,17,18)/t11-/m0/s1. The fourth-order valence-corrected chi connectivity index (χ4v) is 1.61. The molecule has 0 aliphatic heterocycles. The van der Waals surface area contributed by atoms with E-state index >= 15 is 0 Å². The average Bonchev–Trinajstić information content (AvgIpc) is 2.37. The Kier molecular flexibility index (Phi) is 5.83. The van der Waals surface area contributed by atoms with Gasteiger partial charge in [0.05, 0.1) is 12.5 Å². The summed E-state index contributed by atoms with van der Waals surface area (Å²) in [5.41, 5.74) is 7.85. The first-order valence-electron chi connectivity index (χ1n) is 6.17. The summed E-state index contributed by atoms with van der Waals surface area (Å²) in [6, 6.07) is 7.48. The van der Waals surface area contributed by atoms with Gasteiger partial charge >= 0.3 is 0 Å². The van der Waals surface area contributed by atoms with Crippen LogP contribution in [0.2, 0.25) is 0 Å². The molecule has 3 N–H and O–H groups in total. The maximum absolute atomic E-state index is 11.5. The summed E-state index contributed by atoms with van der Waals surface area (Å²) in [6.07, 6.45) is 0.293. The van der Waals surface area contributed by atoms with Gasteiger partial charge in [0, 0.05) is 18.2 Å². The number of nitriles is 1. The molecule has 19 heavy (non-hydrogen) atoms. The molecule has 5 nitrogen and oxygen atoms in total. The maximum atomic E-state index is 11.5. The van der Waals surface area contributed by atoms with Crippen LogP contribution in [0.15, 0.2) is 18.2 Å². The van der Waals surface area contributed by atoms with Crippen molar-refractivity contribution < 1.29 is 9.53 Å². The number of nitrogens with zero attached hydrogens (tertiary/aromatic N) is 1. The van der Waals surface area contributed by atoms with Gasteiger partial charge in [0.1, 0.15) is 5.75 Å². The molecule has 0 aliphatic carbocycles. The normalized spacial score (nSPS) is 11.5. The van der Waals surface area contributed by atoms with Crippen molar-refractivity contribution in [2.45, 2.75) is 26.3 Å². The van der Waals surface area contributed by atoms with Crippen molar-refractivity contribution in [3.63, 3.8) is 0 Å². The largest absolute Gasteiger partial charge is 0.483 e. The summed E-state index contributed by atoms with van der Waals surface area (Å²) in [4.78, 5) is 11.5. The number of nitrogens with two attached hydrogens (primary N) is 1. The quantitative estimate of drug-likeness (QED) is 0.758. The van der Waals surface area contributed by atoms with E-state index in [4.69, 9.17) is 15.7 Å². The zero-order valence-electron chi connectivity index (χ0n) is 11.3. The van der Waals surface area contributed by atoms with E-state index in [2.05, 4.69) is 5.32 Å². The molecular weight excluding hydrogens is 242 g/mol. The molecular formula is C14H19N3O2. The second-order valence-corrected chi connectivity index (χ2v) is 4.38. The first-order valence-corrected chi connectivity index (χ1v) is 6.17. The number of hydrogen-bond acceptors (Lipinski definition) is 4. The Morgan fingerprint density at radius 2 is 2.32 bits per heavy atom. The summed E-state index contributed by atoms with van der Waals surface area (Å²) in [7, 11) is 0. The van der Waals surface area contributed by atoms with Crippen molar-refractivity contribution in [1.29, 1.82) is 5.26 Å². The van der Waals surface area contributed by atoms with E-state index in [-0.39, 0.29) is 18.6 Å². The van der Waals surface area contributed by atoms with Gasteiger partial charge in [0.25, 0.3) is 5.91 Å². The molecule has 0 heterocycles. The molecule has 0 aliphatic rings. The second kappa shape index (κ2) is 7.39. The van der Waals surface area contributed by atoms with Crippen LogP contribution in [-0.2, 0) is 4.79 Å². The zero-order valence-corrected chi connectivity index (χ0v) is 11.3. The lowest BCUT2D eigenvalue weighted by Gasteiger charge is -2.14. The SMILES string of the molecule is Cc1ccc(OCC(=O)NCCC#N)c([C@H](C)N)c1. The van der Waals surface area contributed by atoms with Gasteiger partial charge in [-0.25, -0.2) is 0 Å². The van der Waals surface area contributed by atoms with E-state index < -0.39 is 0 Å². The number of hydrogen-bond donors (Lipinski definition) is 2. The van der Waals surface area contributed by atoms with E-state index in [1.54, 1.807) is 0 Å². The predicted molar refractivity (Wildman–Crippen MR) is 72.5 cm³/mol. The highest BCUT2D eigenvalue weighted by Gasteiger charge is 2.10. The molecule has 0 spiro atoms. The average molecular weight is 261 g/mol. The molecule has 0 aromatic heterocycles. The molecule has 102 valence electrons. The number of amides is 1. The predicted octanol–water partition coefficient (Wildman–Crippen LogP) is 1.42. The monoisotopic (exact) mass is 261 g/mol. The Morgan fingerprint density at radius 3 is 2.95 bits per heavy atom. The van der Waals surface area contributed by atoms with Gasteiger partial charge in [0.15, 0.2) is 6.61 Å². The third-order valence-electron chi connectivity index (χ3n) is 2.57. The van der Waals surface area contributed by atoms with Crippen molar-refractivity contribution in [3.05, 3.63) is 29.3 Å². The van der Waals surface area contributed by atoms with Gasteiger partial charge < -0.3 is 15.8 Å². The summed E-state index contributed by atoms with van der Waals surface area (Å²) in [5.74, 6) is 0.377. The molecule has 1 amide bonds. The summed E-state index contributed by atoms with van der Waals surface area (Å²) >= 11 is 0. The number of carbonyl (C=O) groups is 1. The van der Waals surface area contributed by atoms with Crippen LogP contribution in [0.1, 0.15) is 30.5 Å². The van der Waals surface area contributed by atoms with E-state index in [1.165, 1.54) is 0 Å². The van der Waals surface area contributed by atoms with Crippen molar-refractivity contribution in [2.24, 2.45) is 5.73 Å². The van der Waals surface area contributed by atoms with Gasteiger partial charge in [-0.2, -0.15) is 5.26 Å². The van der Waals surface area contributed by atoms with Gasteiger partial charge in [-0.05, 0) is 19.9 Å². The summed E-state index contributed by atoms with van der Waals surface area (Å²) in [5, 5.41) is 11.0. The first-order chi connectivity index (χ1) is 9.04. The minimum atomic E-state index is -0.244. The van der Waals surface area contributed by atoms with Crippen LogP contribution in [0.3, 0.4) is 0 Å². The molecule has 0 saturated heterocycles. The van der Waals surface area contributed by atoms with Gasteiger partial charge in [-0.15, -0.1) is 0 Å². The van der Waals surface area contributed by atoms with Crippen LogP contribution in [-0.4, -0.2) is 19.1 Å².